The van der Waals surface area contributed by atoms with Gasteiger partial charge in [-0.2, -0.15) is 5.26 Å². The molecule has 1 heterocycles. The maximum absolute atomic E-state index is 9.38. The fourth-order valence-electron chi connectivity index (χ4n) is 2.98. The van der Waals surface area contributed by atoms with Crippen LogP contribution in [0.3, 0.4) is 0 Å². The molecule has 0 radical (unpaired) electrons. The number of hydrogen-bond donors (Lipinski definition) is 2. The Morgan fingerprint density at radius 3 is 2.72 bits per heavy atom. The van der Waals surface area contributed by atoms with Crippen molar-refractivity contribution in [2.24, 2.45) is 0 Å². The number of aromatic nitrogens is 1. The van der Waals surface area contributed by atoms with E-state index in [4.69, 9.17) is 4.74 Å². The Labute approximate surface area is 148 Å². The van der Waals surface area contributed by atoms with Gasteiger partial charge in [0.2, 0.25) is 5.88 Å². The number of aliphatic hydroxyl groups excluding tert-OH is 1. The lowest BCUT2D eigenvalue weighted by Crippen LogP contribution is -2.44. The first-order chi connectivity index (χ1) is 12.2. The lowest BCUT2D eigenvalue weighted by Gasteiger charge is -2.32. The number of aliphatic hydroxyl groups is 1. The summed E-state index contributed by atoms with van der Waals surface area (Å²) in [5, 5.41) is 22.1. The highest BCUT2D eigenvalue weighted by Gasteiger charge is 2.26. The molecule has 1 aromatic carbocycles. The van der Waals surface area contributed by atoms with E-state index >= 15 is 0 Å². The van der Waals surface area contributed by atoms with Crippen molar-refractivity contribution in [3.05, 3.63) is 59.3 Å². The smallest absolute Gasteiger partial charge is 0.232 e. The van der Waals surface area contributed by atoms with Crippen LogP contribution in [0.5, 0.6) is 5.88 Å². The quantitative estimate of drug-likeness (QED) is 0.812. The van der Waals surface area contributed by atoms with Crippen LogP contribution in [0.15, 0.2) is 42.5 Å². The Bertz CT molecular complexity index is 736. The third-order valence-electron chi connectivity index (χ3n) is 4.50. The van der Waals surface area contributed by atoms with E-state index < -0.39 is 0 Å². The predicted octanol–water partition coefficient (Wildman–Crippen LogP) is 2.88. The molecule has 5 nitrogen and oxygen atoms in total. The van der Waals surface area contributed by atoms with Crippen molar-refractivity contribution in [1.29, 1.82) is 5.26 Å². The topological polar surface area (TPSA) is 78.2 Å². The Kier molecular flexibility index (Phi) is 5.64. The summed E-state index contributed by atoms with van der Waals surface area (Å²) in [5.74, 6) is 0.385. The average molecular weight is 337 g/mol. The Morgan fingerprint density at radius 2 is 2.04 bits per heavy atom. The molecule has 1 saturated carbocycles. The molecule has 5 heteroatoms. The van der Waals surface area contributed by atoms with Crippen molar-refractivity contribution >= 4 is 0 Å². The third kappa shape index (κ3) is 4.56. The van der Waals surface area contributed by atoms with Gasteiger partial charge in [0.1, 0.15) is 17.7 Å². The zero-order chi connectivity index (χ0) is 17.6. The molecular weight excluding hydrogens is 314 g/mol. The summed E-state index contributed by atoms with van der Waals surface area (Å²) in [6, 6.07) is 16.1. The average Bonchev–Trinajstić information content (AvgIpc) is 2.60. The number of ether oxygens (including phenoxy) is 1. The molecule has 1 aliphatic carbocycles. The van der Waals surface area contributed by atoms with Crippen molar-refractivity contribution in [1.82, 2.24) is 10.3 Å². The van der Waals surface area contributed by atoms with Crippen LogP contribution < -0.4 is 10.1 Å². The Balaban J connectivity index is 1.70. The standard InChI is InChI=1S/C20H23N3O2/c1-14-7-8-16(13-21)20(23-14)25-19(15-5-3-2-4-6-15)9-10-22-17-11-18(24)12-17/h2-8,17-19,22,24H,9-12H2,1H3/t17-,18-,19-/m1/s1. The number of nitrogens with zero attached hydrogens (tertiary/aromatic N) is 2. The largest absolute Gasteiger partial charge is 0.468 e. The van der Waals surface area contributed by atoms with Gasteiger partial charge in [-0.3, -0.25) is 0 Å². The third-order valence-corrected chi connectivity index (χ3v) is 4.50. The Morgan fingerprint density at radius 1 is 1.28 bits per heavy atom. The molecule has 25 heavy (non-hydrogen) atoms. The van der Waals surface area contributed by atoms with Gasteiger partial charge in [0.15, 0.2) is 0 Å². The molecule has 0 saturated heterocycles. The minimum atomic E-state index is -0.180. The van der Waals surface area contributed by atoms with E-state index in [1.54, 1.807) is 6.07 Å². The molecule has 2 aromatic rings. The van der Waals surface area contributed by atoms with Crippen LogP contribution in [-0.4, -0.2) is 28.8 Å². The highest BCUT2D eigenvalue weighted by molar-refractivity contribution is 5.39. The highest BCUT2D eigenvalue weighted by atomic mass is 16.5. The van der Waals surface area contributed by atoms with E-state index in [-0.39, 0.29) is 12.2 Å². The zero-order valence-corrected chi connectivity index (χ0v) is 14.4. The summed E-state index contributed by atoms with van der Waals surface area (Å²) in [6.45, 7) is 2.67. The van der Waals surface area contributed by atoms with Gasteiger partial charge >= 0.3 is 0 Å². The van der Waals surface area contributed by atoms with Gasteiger partial charge in [0.25, 0.3) is 0 Å². The lowest BCUT2D eigenvalue weighted by molar-refractivity contribution is 0.0609. The molecule has 0 amide bonds. The van der Waals surface area contributed by atoms with Gasteiger partial charge in [-0.05, 0) is 44.0 Å². The number of rotatable bonds is 7. The molecule has 0 spiro atoms. The van der Waals surface area contributed by atoms with Crippen molar-refractivity contribution < 1.29 is 9.84 Å². The van der Waals surface area contributed by atoms with Gasteiger partial charge in [0, 0.05) is 18.2 Å². The molecule has 0 aliphatic heterocycles. The van der Waals surface area contributed by atoms with Gasteiger partial charge in [-0.25, -0.2) is 4.98 Å². The molecule has 130 valence electrons. The number of aryl methyl sites for hydroxylation is 1. The molecular formula is C20H23N3O2. The van der Waals surface area contributed by atoms with Crippen LogP contribution in [0.25, 0.3) is 0 Å². The van der Waals surface area contributed by atoms with E-state index in [9.17, 15) is 10.4 Å². The molecule has 0 bridgehead atoms. The minimum Gasteiger partial charge on any atom is -0.468 e. The summed E-state index contributed by atoms with van der Waals surface area (Å²) >= 11 is 0. The molecule has 1 atom stereocenters. The second-order valence-corrected chi connectivity index (χ2v) is 6.50. The number of benzene rings is 1. The van der Waals surface area contributed by atoms with E-state index in [0.29, 0.717) is 17.5 Å². The first-order valence-corrected chi connectivity index (χ1v) is 8.66. The number of pyridine rings is 1. The molecule has 1 fully saturated rings. The van der Waals surface area contributed by atoms with Crippen LogP contribution in [0.4, 0.5) is 0 Å². The van der Waals surface area contributed by atoms with Crippen molar-refractivity contribution in [2.75, 3.05) is 6.54 Å². The molecule has 0 unspecified atom stereocenters. The minimum absolute atomic E-state index is 0.159. The first kappa shape index (κ1) is 17.4. The SMILES string of the molecule is Cc1ccc(C#N)c(O[C@H](CCN[C@H]2C[C@H](O)C2)c2ccccc2)n1. The van der Waals surface area contributed by atoms with E-state index in [2.05, 4.69) is 16.4 Å². The number of nitrogens with one attached hydrogen (secondary N) is 1. The number of hydrogen-bond acceptors (Lipinski definition) is 5. The summed E-state index contributed by atoms with van der Waals surface area (Å²) < 4.78 is 6.13. The summed E-state index contributed by atoms with van der Waals surface area (Å²) in [6.07, 6.45) is 2.05. The summed E-state index contributed by atoms with van der Waals surface area (Å²) in [7, 11) is 0. The van der Waals surface area contributed by atoms with E-state index in [1.807, 2.05) is 43.3 Å². The van der Waals surface area contributed by atoms with Crippen molar-refractivity contribution in [2.45, 2.75) is 44.4 Å². The first-order valence-electron chi connectivity index (χ1n) is 8.66. The molecule has 3 rings (SSSR count). The summed E-state index contributed by atoms with van der Waals surface area (Å²) in [5.41, 5.74) is 2.33. The number of nitriles is 1. The van der Waals surface area contributed by atoms with Crippen LogP contribution in [0.2, 0.25) is 0 Å². The van der Waals surface area contributed by atoms with Crippen LogP contribution in [-0.2, 0) is 0 Å². The second-order valence-electron chi connectivity index (χ2n) is 6.50. The molecule has 1 aliphatic rings. The van der Waals surface area contributed by atoms with Gasteiger partial charge in [0.05, 0.1) is 6.10 Å². The fourth-order valence-corrected chi connectivity index (χ4v) is 2.98. The monoisotopic (exact) mass is 337 g/mol. The lowest BCUT2D eigenvalue weighted by atomic mass is 9.89. The van der Waals surface area contributed by atoms with Gasteiger partial charge in [-0.1, -0.05) is 30.3 Å². The van der Waals surface area contributed by atoms with Crippen molar-refractivity contribution in [3.63, 3.8) is 0 Å². The Hall–Kier alpha value is -2.42. The van der Waals surface area contributed by atoms with E-state index in [1.165, 1.54) is 0 Å². The highest BCUT2D eigenvalue weighted by Crippen LogP contribution is 2.26. The van der Waals surface area contributed by atoms with Crippen molar-refractivity contribution in [3.8, 4) is 11.9 Å². The van der Waals surface area contributed by atoms with Gasteiger partial charge < -0.3 is 15.2 Å². The second kappa shape index (κ2) is 8.11. The van der Waals surface area contributed by atoms with E-state index in [0.717, 1.165) is 37.1 Å². The normalized spacial score (nSPS) is 20.4. The van der Waals surface area contributed by atoms with Gasteiger partial charge in [-0.15, -0.1) is 0 Å². The molecule has 2 N–H and O–H groups in total. The van der Waals surface area contributed by atoms with Crippen LogP contribution in [0.1, 0.15) is 42.2 Å². The molecule has 1 aromatic heterocycles. The predicted molar refractivity (Wildman–Crippen MR) is 95.1 cm³/mol. The fraction of sp³-hybridized carbons (Fsp3) is 0.400. The summed E-state index contributed by atoms with van der Waals surface area (Å²) in [4.78, 5) is 4.39. The van der Waals surface area contributed by atoms with Crippen LogP contribution in [0, 0.1) is 18.3 Å². The van der Waals surface area contributed by atoms with Crippen LogP contribution >= 0.6 is 0 Å². The maximum Gasteiger partial charge on any atom is 0.232 e. The maximum atomic E-state index is 9.38. The zero-order valence-electron chi connectivity index (χ0n) is 14.4.